The summed E-state index contributed by atoms with van der Waals surface area (Å²) in [5.41, 5.74) is 4.25. The van der Waals surface area contributed by atoms with E-state index in [1.807, 2.05) is 0 Å². The molecule has 418 valence electrons. The van der Waals surface area contributed by atoms with E-state index in [0.717, 1.165) is 32.1 Å². The third-order valence-electron chi connectivity index (χ3n) is 11.5. The van der Waals surface area contributed by atoms with E-state index in [4.69, 9.17) is 39.9 Å². The Kier molecular flexibility index (Phi) is 39.1. The van der Waals surface area contributed by atoms with Crippen molar-refractivity contribution in [2.24, 2.45) is 5.73 Å². The maximum atomic E-state index is 13.6. The van der Waals surface area contributed by atoms with Gasteiger partial charge in [0, 0.05) is 97.4 Å². The molecule has 0 saturated carbocycles. The van der Waals surface area contributed by atoms with E-state index in [-0.39, 0.29) is 133 Å². The summed E-state index contributed by atoms with van der Waals surface area (Å²) >= 11 is 0. The highest BCUT2D eigenvalue weighted by atomic mass is 31.2. The van der Waals surface area contributed by atoms with Crippen LogP contribution in [-0.4, -0.2) is 183 Å². The fraction of sp³-hybridized carbons (Fsp3) is 0.851. The van der Waals surface area contributed by atoms with Gasteiger partial charge in [0.2, 0.25) is 41.4 Å². The van der Waals surface area contributed by atoms with Gasteiger partial charge < -0.3 is 76.7 Å². The van der Waals surface area contributed by atoms with Crippen LogP contribution in [-0.2, 0) is 56.9 Å². The Labute approximate surface area is 425 Å². The second-order valence-electron chi connectivity index (χ2n) is 18.0. The molecular formula is C47H89N8O16P. The van der Waals surface area contributed by atoms with Crippen molar-refractivity contribution in [3.63, 3.8) is 0 Å². The van der Waals surface area contributed by atoms with Crippen LogP contribution in [0.15, 0.2) is 0 Å². The molecular weight excluding hydrogens is 964 g/mol. The van der Waals surface area contributed by atoms with E-state index in [9.17, 15) is 38.1 Å². The second-order valence-corrected chi connectivity index (χ2v) is 19.2. The van der Waals surface area contributed by atoms with Crippen LogP contribution in [0.3, 0.4) is 0 Å². The quantitative estimate of drug-likeness (QED) is 0.0289. The molecule has 1 atom stereocenters. The number of carbonyl (C=O) groups is 7. The molecule has 1 fully saturated rings. The van der Waals surface area contributed by atoms with Crippen LogP contribution in [0, 0.1) is 0 Å². The minimum Gasteiger partial charge on any atom is -0.396 e. The number of phosphoric acid groups is 1. The van der Waals surface area contributed by atoms with Gasteiger partial charge in [-0.2, -0.15) is 0 Å². The molecule has 0 aromatic carbocycles. The molecule has 72 heavy (non-hydrogen) atoms. The van der Waals surface area contributed by atoms with Crippen molar-refractivity contribution >= 4 is 49.2 Å². The zero-order valence-electron chi connectivity index (χ0n) is 42.6. The molecule has 1 rings (SSSR count). The smallest absolute Gasteiger partial charge is 0.396 e. The molecule has 1 aliphatic rings. The summed E-state index contributed by atoms with van der Waals surface area (Å²) in [6.07, 6.45) is 10.9. The van der Waals surface area contributed by atoms with Crippen molar-refractivity contribution in [2.45, 2.75) is 153 Å². The van der Waals surface area contributed by atoms with E-state index in [1.54, 1.807) is 4.90 Å². The lowest BCUT2D eigenvalue weighted by molar-refractivity contribution is -0.133. The molecule has 0 aromatic rings. The van der Waals surface area contributed by atoms with Gasteiger partial charge >= 0.3 is 7.82 Å². The number of aliphatic hydroxyl groups is 2. The van der Waals surface area contributed by atoms with Crippen LogP contribution < -0.4 is 37.6 Å². The topological polar surface area (TPSA) is 356 Å². The molecule has 25 heteroatoms. The normalized spacial score (nSPS) is 13.7. The fourth-order valence-electron chi connectivity index (χ4n) is 7.48. The highest BCUT2D eigenvalue weighted by Crippen LogP contribution is 2.37. The van der Waals surface area contributed by atoms with E-state index in [2.05, 4.69) is 36.4 Å². The summed E-state index contributed by atoms with van der Waals surface area (Å²) in [5.74, 6) is -1.41. The van der Waals surface area contributed by atoms with Crippen LogP contribution in [0.5, 0.6) is 0 Å². The van der Waals surface area contributed by atoms with Gasteiger partial charge in [-0.3, -0.25) is 38.1 Å². The van der Waals surface area contributed by atoms with Crippen molar-refractivity contribution in [3.8, 4) is 0 Å². The third kappa shape index (κ3) is 37.0. The first-order valence-electron chi connectivity index (χ1n) is 25.9. The number of unbranched alkanes of at least 4 members (excludes halogenated alkanes) is 7. The number of phosphoric ester groups is 1. The van der Waals surface area contributed by atoms with Crippen molar-refractivity contribution in [1.82, 2.24) is 36.8 Å². The van der Waals surface area contributed by atoms with Crippen LogP contribution >= 0.6 is 7.82 Å². The van der Waals surface area contributed by atoms with Gasteiger partial charge in [0.25, 0.3) is 0 Å². The van der Waals surface area contributed by atoms with Gasteiger partial charge in [-0.1, -0.05) is 25.7 Å². The van der Waals surface area contributed by atoms with Crippen molar-refractivity contribution in [1.29, 1.82) is 0 Å². The van der Waals surface area contributed by atoms with Crippen molar-refractivity contribution in [2.75, 3.05) is 105 Å². The molecule has 12 N–H and O–H groups in total. The molecule has 0 bridgehead atoms. The standard InChI is InChI=1S/C47H89N8O16P/c48-23-12-24-49-42(60)20-32-68-36-47(37-69-33-21-43(61)52-27-13-25-50-40(58)16-7-9-30-56,38-70-34-22-44(62)53-28-14-26-51-41(59)17-8-10-31-57)54-45(63)18-5-3-1-2-4-6-19-46(64)55-29-11-15-39(55)35-71-72(65,66)67/h39,56-57H,1-38,48H2,(H,49,60)(H,50,58)(H,51,59)(H,52,61)(H,53,62)(H,54,63)(H2,65,66,67)/t39-/m0/s1. The second kappa shape index (κ2) is 42.5. The Morgan fingerprint density at radius 3 is 1.35 bits per heavy atom. The first-order chi connectivity index (χ1) is 34.6. The minimum absolute atomic E-state index is 0.00290. The number of nitrogens with two attached hydrogens (primary N) is 1. The molecule has 24 nitrogen and oxygen atoms in total. The number of hydrogen-bond acceptors (Lipinski definition) is 15. The zero-order chi connectivity index (χ0) is 53.1. The van der Waals surface area contributed by atoms with Gasteiger partial charge in [-0.25, -0.2) is 4.57 Å². The molecule has 0 unspecified atom stereocenters. The van der Waals surface area contributed by atoms with Crippen molar-refractivity contribution < 1.29 is 76.9 Å². The van der Waals surface area contributed by atoms with Crippen LogP contribution in [0.1, 0.15) is 141 Å². The van der Waals surface area contributed by atoms with Gasteiger partial charge in [-0.05, 0) is 77.2 Å². The van der Waals surface area contributed by atoms with E-state index < -0.39 is 13.4 Å². The van der Waals surface area contributed by atoms with Crippen LogP contribution in [0.2, 0.25) is 0 Å². The molecule has 0 aromatic heterocycles. The summed E-state index contributed by atoms with van der Waals surface area (Å²) in [5, 5.41) is 34.7. The SMILES string of the molecule is NCCCNC(=O)CCOCC(COCCC(=O)NCCCNC(=O)CCCCO)(COCCC(=O)NCCCNC(=O)CCCCO)NC(=O)CCCCCCCCC(=O)N1CCC[C@H]1COP(=O)(O)O. The maximum Gasteiger partial charge on any atom is 0.469 e. The summed E-state index contributed by atoms with van der Waals surface area (Å²) in [7, 11) is -4.62. The molecule has 0 radical (unpaired) electrons. The minimum atomic E-state index is -4.62. The predicted octanol–water partition coefficient (Wildman–Crippen LogP) is 0.318. The summed E-state index contributed by atoms with van der Waals surface area (Å²) in [6, 6.07) is -0.354. The average molecular weight is 1050 g/mol. The third-order valence-corrected chi connectivity index (χ3v) is 11.9. The van der Waals surface area contributed by atoms with E-state index in [1.165, 1.54) is 0 Å². The Morgan fingerprint density at radius 2 is 0.917 bits per heavy atom. The summed E-state index contributed by atoms with van der Waals surface area (Å²) in [4.78, 5) is 108. The maximum absolute atomic E-state index is 13.6. The Bertz CT molecular complexity index is 1530. The number of carbonyl (C=O) groups excluding carboxylic acids is 7. The van der Waals surface area contributed by atoms with Crippen LogP contribution in [0.25, 0.3) is 0 Å². The van der Waals surface area contributed by atoms with Gasteiger partial charge in [0.1, 0.15) is 5.54 Å². The zero-order valence-corrected chi connectivity index (χ0v) is 43.5. The highest BCUT2D eigenvalue weighted by molar-refractivity contribution is 7.46. The summed E-state index contributed by atoms with van der Waals surface area (Å²) < 4.78 is 33.7. The number of hydrogen-bond donors (Lipinski definition) is 11. The lowest BCUT2D eigenvalue weighted by Crippen LogP contribution is -2.58. The Balaban J connectivity index is 2.83. The van der Waals surface area contributed by atoms with Gasteiger partial charge in [0.05, 0.1) is 52.3 Å². The predicted molar refractivity (Wildman–Crippen MR) is 267 cm³/mol. The number of nitrogens with one attached hydrogen (secondary N) is 6. The lowest BCUT2D eigenvalue weighted by atomic mass is 10.0. The fourth-order valence-corrected chi connectivity index (χ4v) is 7.84. The number of likely N-dealkylation sites (tertiary alicyclic amines) is 1. The lowest BCUT2D eigenvalue weighted by Gasteiger charge is -2.34. The number of amides is 7. The number of nitrogens with zero attached hydrogens (tertiary/aromatic N) is 1. The van der Waals surface area contributed by atoms with Gasteiger partial charge in [-0.15, -0.1) is 0 Å². The number of ether oxygens (including phenoxy) is 3. The molecule has 0 spiro atoms. The van der Waals surface area contributed by atoms with Crippen molar-refractivity contribution in [3.05, 3.63) is 0 Å². The molecule has 1 saturated heterocycles. The molecule has 1 heterocycles. The highest BCUT2D eigenvalue weighted by Gasteiger charge is 2.34. The monoisotopic (exact) mass is 1050 g/mol. The Hall–Kier alpha value is -3.84. The summed E-state index contributed by atoms with van der Waals surface area (Å²) in [6.45, 7) is 2.23. The first-order valence-corrected chi connectivity index (χ1v) is 27.5. The molecule has 1 aliphatic heterocycles. The Morgan fingerprint density at radius 1 is 0.528 bits per heavy atom. The first kappa shape index (κ1) is 66.2. The molecule has 7 amide bonds. The van der Waals surface area contributed by atoms with E-state index in [0.29, 0.717) is 129 Å². The number of aliphatic hydroxyl groups excluding tert-OH is 2. The average Bonchev–Trinajstić information content (AvgIpc) is 3.82. The van der Waals surface area contributed by atoms with Crippen LogP contribution in [0.4, 0.5) is 0 Å². The van der Waals surface area contributed by atoms with E-state index >= 15 is 0 Å². The largest absolute Gasteiger partial charge is 0.469 e. The molecule has 0 aliphatic carbocycles. The number of rotatable bonds is 47. The van der Waals surface area contributed by atoms with Gasteiger partial charge in [0.15, 0.2) is 0 Å².